The Balaban J connectivity index is 1.70. The van der Waals surface area contributed by atoms with E-state index in [1.807, 2.05) is 36.6 Å². The maximum absolute atomic E-state index is 11.9. The van der Waals surface area contributed by atoms with Crippen molar-refractivity contribution in [2.24, 2.45) is 0 Å². The standard InChI is InChI=1S/C18H24N2O3S/c1-12(2)18-20-14(11-24-18)8-17(22)19-9-15(21)10-23-16-6-4-5-13(3)7-16/h4-7,11-12,15,21H,8-10H2,1-3H3,(H,19,22). The van der Waals surface area contributed by atoms with E-state index >= 15 is 0 Å². The zero-order valence-corrected chi connectivity index (χ0v) is 15.1. The summed E-state index contributed by atoms with van der Waals surface area (Å²) in [6.07, 6.45) is -0.523. The van der Waals surface area contributed by atoms with E-state index in [9.17, 15) is 9.90 Å². The second kappa shape index (κ2) is 8.80. The molecule has 1 aromatic heterocycles. The number of rotatable bonds is 8. The number of carbonyl (C=O) groups is 1. The van der Waals surface area contributed by atoms with Gasteiger partial charge in [-0.15, -0.1) is 11.3 Å². The number of ether oxygens (including phenoxy) is 1. The van der Waals surface area contributed by atoms with Gasteiger partial charge in [-0.25, -0.2) is 4.98 Å². The molecule has 0 saturated heterocycles. The molecule has 2 N–H and O–H groups in total. The third-order valence-electron chi connectivity index (χ3n) is 3.37. The molecule has 1 atom stereocenters. The molecule has 0 radical (unpaired) electrons. The lowest BCUT2D eigenvalue weighted by molar-refractivity contribution is -0.121. The van der Waals surface area contributed by atoms with Crippen LogP contribution in [0.4, 0.5) is 0 Å². The van der Waals surface area contributed by atoms with Gasteiger partial charge in [-0.05, 0) is 24.6 Å². The Hall–Kier alpha value is -1.92. The molecule has 0 saturated carbocycles. The number of hydrogen-bond donors (Lipinski definition) is 2. The number of hydrogen-bond acceptors (Lipinski definition) is 5. The monoisotopic (exact) mass is 348 g/mol. The van der Waals surface area contributed by atoms with Gasteiger partial charge in [0.25, 0.3) is 0 Å². The summed E-state index contributed by atoms with van der Waals surface area (Å²) in [5.74, 6) is 0.932. The molecule has 0 fully saturated rings. The van der Waals surface area contributed by atoms with E-state index in [0.717, 1.165) is 16.3 Å². The Labute approximate surface area is 146 Å². The summed E-state index contributed by atoms with van der Waals surface area (Å²) in [5.41, 5.74) is 1.87. The number of thiazole rings is 1. The summed E-state index contributed by atoms with van der Waals surface area (Å²) in [6.45, 7) is 6.43. The van der Waals surface area contributed by atoms with Gasteiger partial charge in [-0.1, -0.05) is 26.0 Å². The van der Waals surface area contributed by atoms with Crippen molar-refractivity contribution in [1.82, 2.24) is 10.3 Å². The van der Waals surface area contributed by atoms with Gasteiger partial charge in [0.15, 0.2) is 0 Å². The SMILES string of the molecule is Cc1cccc(OCC(O)CNC(=O)Cc2csc(C(C)C)n2)c1. The van der Waals surface area contributed by atoms with Gasteiger partial charge in [0.1, 0.15) is 18.5 Å². The second-order valence-corrected chi connectivity index (χ2v) is 6.98. The Bertz CT molecular complexity index is 670. The van der Waals surface area contributed by atoms with Gasteiger partial charge in [-0.3, -0.25) is 4.79 Å². The number of aliphatic hydroxyl groups excluding tert-OH is 1. The molecule has 5 nitrogen and oxygen atoms in total. The summed E-state index contributed by atoms with van der Waals surface area (Å²) < 4.78 is 5.52. The molecule has 0 aliphatic rings. The van der Waals surface area contributed by atoms with Crippen molar-refractivity contribution in [2.45, 2.75) is 39.2 Å². The van der Waals surface area contributed by atoms with Crippen LogP contribution in [0.5, 0.6) is 5.75 Å². The van der Waals surface area contributed by atoms with E-state index in [1.165, 1.54) is 0 Å². The molecule has 1 amide bonds. The van der Waals surface area contributed by atoms with Crippen LogP contribution in [-0.2, 0) is 11.2 Å². The average molecular weight is 348 g/mol. The van der Waals surface area contributed by atoms with E-state index in [0.29, 0.717) is 11.7 Å². The van der Waals surface area contributed by atoms with Gasteiger partial charge in [-0.2, -0.15) is 0 Å². The predicted octanol–water partition coefficient (Wildman–Crippen LogP) is 2.67. The van der Waals surface area contributed by atoms with E-state index in [1.54, 1.807) is 11.3 Å². The highest BCUT2D eigenvalue weighted by molar-refractivity contribution is 7.09. The number of carbonyl (C=O) groups excluding carboxylic acids is 1. The van der Waals surface area contributed by atoms with Gasteiger partial charge in [0.2, 0.25) is 5.91 Å². The van der Waals surface area contributed by atoms with Crippen LogP contribution in [0, 0.1) is 6.92 Å². The summed E-state index contributed by atoms with van der Waals surface area (Å²) in [7, 11) is 0. The first-order valence-corrected chi connectivity index (χ1v) is 8.90. The molecule has 1 aromatic carbocycles. The summed E-state index contributed by atoms with van der Waals surface area (Å²) in [4.78, 5) is 16.3. The van der Waals surface area contributed by atoms with Crippen molar-refractivity contribution in [1.29, 1.82) is 0 Å². The first-order chi connectivity index (χ1) is 11.4. The molecule has 0 aliphatic heterocycles. The van der Waals surface area contributed by atoms with Crippen LogP contribution in [0.2, 0.25) is 0 Å². The molecule has 2 aromatic rings. The van der Waals surface area contributed by atoms with Gasteiger partial charge >= 0.3 is 0 Å². The summed E-state index contributed by atoms with van der Waals surface area (Å²) >= 11 is 1.57. The number of benzene rings is 1. The predicted molar refractivity (Wildman–Crippen MR) is 95.6 cm³/mol. The smallest absolute Gasteiger partial charge is 0.226 e. The lowest BCUT2D eigenvalue weighted by Crippen LogP contribution is -2.36. The Morgan fingerprint density at radius 3 is 2.88 bits per heavy atom. The Morgan fingerprint density at radius 2 is 2.21 bits per heavy atom. The lowest BCUT2D eigenvalue weighted by Gasteiger charge is -2.13. The van der Waals surface area contributed by atoms with Gasteiger partial charge < -0.3 is 15.2 Å². The van der Waals surface area contributed by atoms with Crippen molar-refractivity contribution in [2.75, 3.05) is 13.2 Å². The first kappa shape index (κ1) is 18.4. The number of aromatic nitrogens is 1. The van der Waals surface area contributed by atoms with E-state index in [2.05, 4.69) is 24.1 Å². The molecule has 6 heteroatoms. The number of nitrogens with zero attached hydrogens (tertiary/aromatic N) is 1. The van der Waals surface area contributed by atoms with Gasteiger partial charge in [0.05, 0.1) is 17.1 Å². The topological polar surface area (TPSA) is 71.5 Å². The summed E-state index contributed by atoms with van der Waals surface area (Å²) in [5, 5.41) is 15.6. The highest BCUT2D eigenvalue weighted by Gasteiger charge is 2.12. The third kappa shape index (κ3) is 5.94. The zero-order chi connectivity index (χ0) is 17.5. The normalized spacial score (nSPS) is 12.2. The minimum Gasteiger partial charge on any atom is -0.491 e. The van der Waals surface area contributed by atoms with Crippen molar-refractivity contribution < 1.29 is 14.6 Å². The summed E-state index contributed by atoms with van der Waals surface area (Å²) in [6, 6.07) is 7.62. The minimum atomic E-state index is -0.754. The van der Waals surface area contributed by atoms with Crippen molar-refractivity contribution in [3.63, 3.8) is 0 Å². The highest BCUT2D eigenvalue weighted by atomic mass is 32.1. The number of nitrogens with one attached hydrogen (secondary N) is 1. The Kier molecular flexibility index (Phi) is 6.75. The number of amides is 1. The lowest BCUT2D eigenvalue weighted by atomic mass is 10.2. The zero-order valence-electron chi connectivity index (χ0n) is 14.3. The fourth-order valence-corrected chi connectivity index (χ4v) is 2.92. The largest absolute Gasteiger partial charge is 0.491 e. The number of aliphatic hydroxyl groups is 1. The van der Waals surface area contributed by atoms with Crippen LogP contribution >= 0.6 is 11.3 Å². The van der Waals surface area contributed by atoms with Crippen LogP contribution in [0.3, 0.4) is 0 Å². The third-order valence-corrected chi connectivity index (χ3v) is 4.57. The first-order valence-electron chi connectivity index (χ1n) is 8.02. The molecule has 0 bridgehead atoms. The Morgan fingerprint density at radius 1 is 1.42 bits per heavy atom. The highest BCUT2D eigenvalue weighted by Crippen LogP contribution is 2.19. The fourth-order valence-electron chi connectivity index (χ4n) is 2.08. The molecule has 2 rings (SSSR count). The molecule has 130 valence electrons. The van der Waals surface area contributed by atoms with Crippen LogP contribution in [0.1, 0.15) is 36.0 Å². The molecule has 0 aliphatic carbocycles. The van der Waals surface area contributed by atoms with Crippen molar-refractivity contribution in [3.05, 3.63) is 45.9 Å². The van der Waals surface area contributed by atoms with Crippen LogP contribution in [0.25, 0.3) is 0 Å². The van der Waals surface area contributed by atoms with Gasteiger partial charge in [0, 0.05) is 17.8 Å². The minimum absolute atomic E-state index is 0.137. The fraction of sp³-hybridized carbons (Fsp3) is 0.444. The van der Waals surface area contributed by atoms with Crippen LogP contribution < -0.4 is 10.1 Å². The molecule has 24 heavy (non-hydrogen) atoms. The molecule has 1 heterocycles. The quantitative estimate of drug-likeness (QED) is 0.769. The van der Waals surface area contributed by atoms with Crippen molar-refractivity contribution >= 4 is 17.2 Å². The van der Waals surface area contributed by atoms with Crippen molar-refractivity contribution in [3.8, 4) is 5.75 Å². The number of aryl methyl sites for hydroxylation is 1. The van der Waals surface area contributed by atoms with E-state index in [4.69, 9.17) is 4.74 Å². The molecular formula is C18H24N2O3S. The van der Waals surface area contributed by atoms with E-state index in [-0.39, 0.29) is 25.5 Å². The van der Waals surface area contributed by atoms with Crippen LogP contribution in [-0.4, -0.2) is 35.3 Å². The molecular weight excluding hydrogens is 324 g/mol. The second-order valence-electron chi connectivity index (χ2n) is 6.09. The maximum Gasteiger partial charge on any atom is 0.226 e. The van der Waals surface area contributed by atoms with Crippen LogP contribution in [0.15, 0.2) is 29.6 Å². The molecule has 0 spiro atoms. The van der Waals surface area contributed by atoms with E-state index < -0.39 is 6.10 Å². The molecule has 1 unspecified atom stereocenters. The average Bonchev–Trinajstić information content (AvgIpc) is 3.00. The maximum atomic E-state index is 11.9.